The molecular formula is C22H23FN4O. The molecule has 1 saturated heterocycles. The number of aromatic nitrogens is 2. The molecule has 0 saturated carbocycles. The van der Waals surface area contributed by atoms with Gasteiger partial charge in [-0.3, -0.25) is 4.79 Å². The van der Waals surface area contributed by atoms with Crippen molar-refractivity contribution >= 4 is 28.3 Å². The normalized spacial score (nSPS) is 17.0. The van der Waals surface area contributed by atoms with Crippen molar-refractivity contribution in [3.8, 4) is 0 Å². The number of halogens is 1. The van der Waals surface area contributed by atoms with Crippen LogP contribution in [0.2, 0.25) is 0 Å². The first-order chi connectivity index (χ1) is 13.5. The Morgan fingerprint density at radius 1 is 1.21 bits per heavy atom. The van der Waals surface area contributed by atoms with Crippen molar-refractivity contribution in [2.75, 3.05) is 18.4 Å². The van der Waals surface area contributed by atoms with Crippen LogP contribution in [0, 0.1) is 18.7 Å². The summed E-state index contributed by atoms with van der Waals surface area (Å²) < 4.78 is 13.3. The summed E-state index contributed by atoms with van der Waals surface area (Å²) in [4.78, 5) is 24.1. The second-order valence-corrected chi connectivity index (χ2v) is 7.50. The van der Waals surface area contributed by atoms with Gasteiger partial charge in [-0.25, -0.2) is 14.4 Å². The number of rotatable bonds is 3. The number of carbonyl (C=O) groups excluding carboxylic acids is 1. The van der Waals surface area contributed by atoms with Gasteiger partial charge in [-0.2, -0.15) is 0 Å². The van der Waals surface area contributed by atoms with E-state index < -0.39 is 0 Å². The molecule has 28 heavy (non-hydrogen) atoms. The lowest BCUT2D eigenvalue weighted by atomic mass is 9.99. The summed E-state index contributed by atoms with van der Waals surface area (Å²) in [5.41, 5.74) is 3.31. The van der Waals surface area contributed by atoms with E-state index in [2.05, 4.69) is 22.2 Å². The minimum atomic E-state index is -0.305. The summed E-state index contributed by atoms with van der Waals surface area (Å²) in [6, 6.07) is 9.91. The molecule has 0 spiro atoms. The van der Waals surface area contributed by atoms with E-state index in [0.717, 1.165) is 37.0 Å². The molecule has 2 aromatic heterocycles. The number of benzene rings is 1. The van der Waals surface area contributed by atoms with Crippen molar-refractivity contribution in [1.29, 1.82) is 0 Å². The smallest absolute Gasteiger partial charge is 0.257 e. The highest BCUT2D eigenvalue weighted by Gasteiger charge is 2.25. The Morgan fingerprint density at radius 2 is 2.00 bits per heavy atom. The molecule has 6 heteroatoms. The number of nitrogens with one attached hydrogen (secondary N) is 1. The Labute approximate surface area is 163 Å². The molecular weight excluding hydrogens is 355 g/mol. The number of fused-ring (bicyclic) bond motifs is 1. The Morgan fingerprint density at radius 3 is 2.75 bits per heavy atom. The maximum absolute atomic E-state index is 13.3. The molecule has 4 rings (SSSR count). The van der Waals surface area contributed by atoms with Gasteiger partial charge in [0.15, 0.2) is 5.65 Å². The number of carbonyl (C=O) groups is 1. The zero-order chi connectivity index (χ0) is 19.7. The molecule has 1 aromatic carbocycles. The van der Waals surface area contributed by atoms with Gasteiger partial charge in [0, 0.05) is 36.1 Å². The summed E-state index contributed by atoms with van der Waals surface area (Å²) in [6.07, 6.45) is 3.75. The SMILES string of the molecule is Cc1ccc2c(Nc3ccc(F)cc3)c(C(=O)N3CCCC(C)C3)cnc2n1. The monoisotopic (exact) mass is 378 g/mol. The fraction of sp³-hybridized carbons (Fsp3) is 0.318. The number of hydrogen-bond acceptors (Lipinski definition) is 4. The molecule has 3 aromatic rings. The zero-order valence-electron chi connectivity index (χ0n) is 16.1. The van der Waals surface area contributed by atoms with E-state index in [4.69, 9.17) is 0 Å². The van der Waals surface area contributed by atoms with Crippen molar-refractivity contribution in [3.05, 3.63) is 59.7 Å². The van der Waals surface area contributed by atoms with Gasteiger partial charge in [0.2, 0.25) is 0 Å². The molecule has 1 aliphatic heterocycles. The van der Waals surface area contributed by atoms with Gasteiger partial charge in [0.25, 0.3) is 5.91 Å². The standard InChI is InChI=1S/C22H23FN4O/c1-14-4-3-11-27(13-14)22(28)19-12-24-21-18(10-5-15(2)25-21)20(19)26-17-8-6-16(23)7-9-17/h5-10,12,14H,3-4,11,13H2,1-2H3,(H,24,25,26). The molecule has 1 amide bonds. The second kappa shape index (κ2) is 7.54. The number of anilines is 2. The predicted molar refractivity (Wildman–Crippen MR) is 108 cm³/mol. The lowest BCUT2D eigenvalue weighted by Gasteiger charge is -2.31. The van der Waals surface area contributed by atoms with Gasteiger partial charge in [0.05, 0.1) is 11.3 Å². The fourth-order valence-corrected chi connectivity index (χ4v) is 3.69. The molecule has 1 N–H and O–H groups in total. The van der Waals surface area contributed by atoms with Gasteiger partial charge in [-0.15, -0.1) is 0 Å². The van der Waals surface area contributed by atoms with Gasteiger partial charge in [-0.05, 0) is 62.1 Å². The summed E-state index contributed by atoms with van der Waals surface area (Å²) in [6.45, 7) is 5.58. The van der Waals surface area contributed by atoms with E-state index in [1.54, 1.807) is 18.3 Å². The summed E-state index contributed by atoms with van der Waals surface area (Å²) in [7, 11) is 0. The molecule has 0 bridgehead atoms. The number of pyridine rings is 2. The third-order valence-electron chi connectivity index (χ3n) is 5.16. The van der Waals surface area contributed by atoms with E-state index in [-0.39, 0.29) is 11.7 Å². The van der Waals surface area contributed by atoms with E-state index in [1.807, 2.05) is 24.0 Å². The van der Waals surface area contributed by atoms with Crippen LogP contribution in [0.1, 0.15) is 35.8 Å². The first kappa shape index (κ1) is 18.3. The van der Waals surface area contributed by atoms with Crippen LogP contribution in [0.5, 0.6) is 0 Å². The first-order valence-electron chi connectivity index (χ1n) is 9.59. The van der Waals surface area contributed by atoms with Crippen LogP contribution < -0.4 is 5.32 Å². The number of hydrogen-bond donors (Lipinski definition) is 1. The number of likely N-dealkylation sites (tertiary alicyclic amines) is 1. The van der Waals surface area contributed by atoms with Gasteiger partial charge in [-0.1, -0.05) is 6.92 Å². The molecule has 1 aliphatic rings. The third kappa shape index (κ3) is 3.67. The van der Waals surface area contributed by atoms with Gasteiger partial charge >= 0.3 is 0 Å². The van der Waals surface area contributed by atoms with Crippen LogP contribution in [0.4, 0.5) is 15.8 Å². The topological polar surface area (TPSA) is 58.1 Å². The molecule has 5 nitrogen and oxygen atoms in total. The molecule has 0 aliphatic carbocycles. The van der Waals surface area contributed by atoms with E-state index in [1.165, 1.54) is 12.1 Å². The number of amides is 1. The van der Waals surface area contributed by atoms with Crippen LogP contribution in [-0.4, -0.2) is 33.9 Å². The van der Waals surface area contributed by atoms with Crippen LogP contribution in [-0.2, 0) is 0 Å². The molecule has 1 atom stereocenters. The van der Waals surface area contributed by atoms with Crippen LogP contribution in [0.3, 0.4) is 0 Å². The Bertz CT molecular complexity index is 1020. The minimum absolute atomic E-state index is 0.0360. The lowest BCUT2D eigenvalue weighted by molar-refractivity contribution is 0.0684. The van der Waals surface area contributed by atoms with Crippen molar-refractivity contribution in [2.24, 2.45) is 5.92 Å². The Balaban J connectivity index is 1.79. The average molecular weight is 378 g/mol. The van der Waals surface area contributed by atoms with Crippen molar-refractivity contribution in [1.82, 2.24) is 14.9 Å². The Kier molecular flexibility index (Phi) is 4.94. The second-order valence-electron chi connectivity index (χ2n) is 7.50. The van der Waals surface area contributed by atoms with Crippen LogP contribution >= 0.6 is 0 Å². The highest BCUT2D eigenvalue weighted by atomic mass is 19.1. The molecule has 144 valence electrons. The molecule has 1 unspecified atom stereocenters. The summed E-state index contributed by atoms with van der Waals surface area (Å²) in [5, 5.41) is 4.07. The largest absolute Gasteiger partial charge is 0.354 e. The summed E-state index contributed by atoms with van der Waals surface area (Å²) in [5.74, 6) is 0.149. The predicted octanol–water partition coefficient (Wildman–Crippen LogP) is 4.69. The number of aryl methyl sites for hydroxylation is 1. The van der Waals surface area contributed by atoms with E-state index in [0.29, 0.717) is 28.5 Å². The van der Waals surface area contributed by atoms with Gasteiger partial charge in [0.1, 0.15) is 5.82 Å². The summed E-state index contributed by atoms with van der Waals surface area (Å²) >= 11 is 0. The molecule has 1 fully saturated rings. The first-order valence-corrected chi connectivity index (χ1v) is 9.59. The van der Waals surface area contributed by atoms with E-state index >= 15 is 0 Å². The minimum Gasteiger partial charge on any atom is -0.354 e. The van der Waals surface area contributed by atoms with Gasteiger partial charge < -0.3 is 10.2 Å². The van der Waals surface area contributed by atoms with Crippen LogP contribution in [0.25, 0.3) is 11.0 Å². The van der Waals surface area contributed by atoms with Crippen LogP contribution in [0.15, 0.2) is 42.6 Å². The van der Waals surface area contributed by atoms with E-state index in [9.17, 15) is 9.18 Å². The molecule has 3 heterocycles. The maximum atomic E-state index is 13.3. The lowest BCUT2D eigenvalue weighted by Crippen LogP contribution is -2.39. The highest BCUT2D eigenvalue weighted by Crippen LogP contribution is 2.30. The third-order valence-corrected chi connectivity index (χ3v) is 5.16. The molecule has 0 radical (unpaired) electrons. The maximum Gasteiger partial charge on any atom is 0.257 e. The van der Waals surface area contributed by atoms with Crippen molar-refractivity contribution in [3.63, 3.8) is 0 Å². The fourth-order valence-electron chi connectivity index (χ4n) is 3.69. The zero-order valence-corrected chi connectivity index (χ0v) is 16.1. The van der Waals surface area contributed by atoms with Crippen molar-refractivity contribution in [2.45, 2.75) is 26.7 Å². The average Bonchev–Trinajstić information content (AvgIpc) is 2.69. The number of nitrogens with zero attached hydrogens (tertiary/aromatic N) is 3. The number of piperidine rings is 1. The Hall–Kier alpha value is -3.02. The van der Waals surface area contributed by atoms with Crippen molar-refractivity contribution < 1.29 is 9.18 Å². The quantitative estimate of drug-likeness (QED) is 0.718. The highest BCUT2D eigenvalue weighted by molar-refractivity contribution is 6.07.